The lowest BCUT2D eigenvalue weighted by Gasteiger charge is -2.15. The van der Waals surface area contributed by atoms with E-state index in [2.05, 4.69) is 101 Å². The molecular formula is C53H40N8. The van der Waals surface area contributed by atoms with E-state index < -0.39 is 0 Å². The standard InChI is InChI=1S/C53H40N8/c1-3-4-21-43(54-2)49-31-40(32-50(58-49)44-22-11-14-25-55-44)38-28-39(41-33-51(45-23-12-15-26-56-45)59-52(34-41)46-24-13-16-27-57-46)30-42(29-38)53-60-47(36-17-7-5-8-18-36)35-48(61-53)37-19-9-6-10-20-37/h4-35H,3H2,1-2H3/b21-4-,54-43?. The average molecular weight is 789 g/mol. The van der Waals surface area contributed by atoms with Gasteiger partial charge in [0.05, 0.1) is 57.0 Å². The molecule has 0 N–H and O–H groups in total. The topological polar surface area (TPSA) is 103 Å². The zero-order valence-electron chi connectivity index (χ0n) is 33.8. The molecule has 61 heavy (non-hydrogen) atoms. The summed E-state index contributed by atoms with van der Waals surface area (Å²) in [5.41, 5.74) is 14.2. The lowest BCUT2D eigenvalue weighted by atomic mass is 9.94. The maximum Gasteiger partial charge on any atom is 0.160 e. The molecule has 0 aliphatic rings. The van der Waals surface area contributed by atoms with Crippen LogP contribution in [-0.4, -0.2) is 47.6 Å². The first kappa shape index (κ1) is 38.4. The number of rotatable bonds is 11. The Bertz CT molecular complexity index is 2730. The van der Waals surface area contributed by atoms with Crippen LogP contribution in [-0.2, 0) is 0 Å². The van der Waals surface area contributed by atoms with Gasteiger partial charge in [0.25, 0.3) is 0 Å². The maximum absolute atomic E-state index is 5.26. The minimum absolute atomic E-state index is 0.591. The molecule has 0 fully saturated rings. The van der Waals surface area contributed by atoms with E-state index in [1.165, 1.54) is 0 Å². The second-order valence-electron chi connectivity index (χ2n) is 14.3. The van der Waals surface area contributed by atoms with Crippen molar-refractivity contribution in [1.29, 1.82) is 0 Å². The van der Waals surface area contributed by atoms with E-state index in [9.17, 15) is 0 Å². The summed E-state index contributed by atoms with van der Waals surface area (Å²) in [6.45, 7) is 2.11. The molecule has 0 spiro atoms. The summed E-state index contributed by atoms with van der Waals surface area (Å²) in [4.78, 5) is 39.4. The van der Waals surface area contributed by atoms with Crippen LogP contribution in [0.4, 0.5) is 0 Å². The maximum atomic E-state index is 5.26. The molecule has 9 rings (SSSR count). The van der Waals surface area contributed by atoms with Crippen molar-refractivity contribution in [2.45, 2.75) is 13.3 Å². The highest BCUT2D eigenvalue weighted by Crippen LogP contribution is 2.37. The Morgan fingerprint density at radius 3 is 1.31 bits per heavy atom. The van der Waals surface area contributed by atoms with Gasteiger partial charge in [-0.2, -0.15) is 0 Å². The number of aliphatic imine (C=N–C) groups is 1. The molecular weight excluding hydrogens is 749 g/mol. The molecule has 0 radical (unpaired) electrons. The van der Waals surface area contributed by atoms with Crippen LogP contribution in [0.5, 0.6) is 0 Å². The number of nitrogens with zero attached hydrogens (tertiary/aromatic N) is 8. The molecule has 6 aromatic heterocycles. The highest BCUT2D eigenvalue weighted by Gasteiger charge is 2.18. The Balaban J connectivity index is 1.32. The van der Waals surface area contributed by atoms with Crippen molar-refractivity contribution in [3.8, 4) is 90.3 Å². The quantitative estimate of drug-likeness (QED) is 0.120. The lowest BCUT2D eigenvalue weighted by Crippen LogP contribution is -2.03. The van der Waals surface area contributed by atoms with Crippen LogP contribution in [0.2, 0.25) is 0 Å². The summed E-state index contributed by atoms with van der Waals surface area (Å²) in [5.74, 6) is 0.591. The predicted octanol–water partition coefficient (Wildman–Crippen LogP) is 12.2. The van der Waals surface area contributed by atoms with Gasteiger partial charge < -0.3 is 0 Å². The van der Waals surface area contributed by atoms with Gasteiger partial charge in [0.1, 0.15) is 0 Å². The number of hydrogen-bond acceptors (Lipinski definition) is 8. The fraction of sp³-hybridized carbons (Fsp3) is 0.0566. The molecule has 0 atom stereocenters. The number of aromatic nitrogens is 7. The predicted molar refractivity (Wildman–Crippen MR) is 246 cm³/mol. The van der Waals surface area contributed by atoms with Crippen LogP contribution < -0.4 is 0 Å². The summed E-state index contributed by atoms with van der Waals surface area (Å²) < 4.78 is 0. The first-order valence-electron chi connectivity index (χ1n) is 20.2. The fourth-order valence-corrected chi connectivity index (χ4v) is 7.15. The van der Waals surface area contributed by atoms with Crippen LogP contribution >= 0.6 is 0 Å². The third-order valence-electron chi connectivity index (χ3n) is 10.2. The van der Waals surface area contributed by atoms with Gasteiger partial charge in [0.2, 0.25) is 0 Å². The SMILES string of the molecule is CC/C=C\C(=NC)c1cc(-c2cc(-c3cc(-c4ccccn4)nc(-c4ccccn4)c3)cc(-c3nc(-c4ccccc4)cc(-c4ccccc4)n3)c2)cc(-c2ccccn2)n1. The van der Waals surface area contributed by atoms with Crippen LogP contribution in [0.3, 0.4) is 0 Å². The van der Waals surface area contributed by atoms with Crippen molar-refractivity contribution in [2.24, 2.45) is 4.99 Å². The summed E-state index contributed by atoms with van der Waals surface area (Å²) in [7, 11) is 1.80. The Morgan fingerprint density at radius 1 is 0.410 bits per heavy atom. The van der Waals surface area contributed by atoms with Gasteiger partial charge in [0, 0.05) is 42.3 Å². The van der Waals surface area contributed by atoms with E-state index in [0.29, 0.717) is 5.82 Å². The van der Waals surface area contributed by atoms with Crippen LogP contribution in [0.15, 0.2) is 200 Å². The van der Waals surface area contributed by atoms with E-state index in [1.54, 1.807) is 25.6 Å². The Kier molecular flexibility index (Phi) is 11.2. The van der Waals surface area contributed by atoms with E-state index in [1.807, 2.05) is 97.1 Å². The van der Waals surface area contributed by atoms with Gasteiger partial charge in [0.15, 0.2) is 5.82 Å². The molecule has 8 nitrogen and oxygen atoms in total. The molecule has 0 saturated carbocycles. The molecule has 0 saturated heterocycles. The first-order chi connectivity index (χ1) is 30.1. The second kappa shape index (κ2) is 17.8. The molecule has 292 valence electrons. The third kappa shape index (κ3) is 8.70. The fourth-order valence-electron chi connectivity index (χ4n) is 7.15. The van der Waals surface area contributed by atoms with Crippen molar-refractivity contribution in [2.75, 3.05) is 7.05 Å². The summed E-state index contributed by atoms with van der Waals surface area (Å²) in [6.07, 6.45) is 10.4. The summed E-state index contributed by atoms with van der Waals surface area (Å²) in [5, 5.41) is 0. The van der Waals surface area contributed by atoms with Gasteiger partial charge in [-0.3, -0.25) is 19.9 Å². The number of hydrogen-bond donors (Lipinski definition) is 0. The van der Waals surface area contributed by atoms with Crippen molar-refractivity contribution < 1.29 is 0 Å². The Morgan fingerprint density at radius 2 is 0.852 bits per heavy atom. The zero-order chi connectivity index (χ0) is 41.4. The number of allylic oxidation sites excluding steroid dienone is 2. The van der Waals surface area contributed by atoms with Gasteiger partial charge >= 0.3 is 0 Å². The largest absolute Gasteiger partial charge is 0.286 e. The van der Waals surface area contributed by atoms with Crippen LogP contribution in [0, 0.1) is 0 Å². The van der Waals surface area contributed by atoms with E-state index in [-0.39, 0.29) is 0 Å². The van der Waals surface area contributed by atoms with E-state index in [0.717, 1.165) is 102 Å². The summed E-state index contributed by atoms with van der Waals surface area (Å²) >= 11 is 0. The van der Waals surface area contributed by atoms with Crippen molar-refractivity contribution in [3.05, 3.63) is 200 Å². The molecule has 8 heteroatoms. The van der Waals surface area contributed by atoms with Gasteiger partial charge in [-0.25, -0.2) is 19.9 Å². The van der Waals surface area contributed by atoms with Crippen molar-refractivity contribution >= 4 is 5.71 Å². The Hall–Kier alpha value is -8.10. The smallest absolute Gasteiger partial charge is 0.160 e. The highest BCUT2D eigenvalue weighted by molar-refractivity contribution is 6.08. The molecule has 3 aromatic carbocycles. The van der Waals surface area contributed by atoms with Crippen molar-refractivity contribution in [1.82, 2.24) is 34.9 Å². The lowest BCUT2D eigenvalue weighted by molar-refractivity contribution is 1.18. The van der Waals surface area contributed by atoms with Crippen LogP contribution in [0.1, 0.15) is 19.0 Å². The average Bonchev–Trinajstić information content (AvgIpc) is 3.35. The second-order valence-corrected chi connectivity index (χ2v) is 14.3. The van der Waals surface area contributed by atoms with Gasteiger partial charge in [-0.15, -0.1) is 0 Å². The highest BCUT2D eigenvalue weighted by atomic mass is 14.9. The van der Waals surface area contributed by atoms with Crippen molar-refractivity contribution in [3.63, 3.8) is 0 Å². The summed E-state index contributed by atoms with van der Waals surface area (Å²) in [6, 6.07) is 55.0. The molecule has 0 unspecified atom stereocenters. The molecule has 0 amide bonds. The molecule has 0 aliphatic carbocycles. The number of pyridine rings is 5. The normalized spacial score (nSPS) is 11.5. The zero-order valence-corrected chi connectivity index (χ0v) is 33.8. The van der Waals surface area contributed by atoms with Crippen LogP contribution in [0.25, 0.3) is 90.3 Å². The monoisotopic (exact) mass is 788 g/mol. The van der Waals surface area contributed by atoms with E-state index in [4.69, 9.17) is 24.9 Å². The van der Waals surface area contributed by atoms with Gasteiger partial charge in [-0.05, 0) is 120 Å². The minimum Gasteiger partial charge on any atom is -0.286 e. The van der Waals surface area contributed by atoms with E-state index >= 15 is 0 Å². The molecule has 6 heterocycles. The molecule has 0 aliphatic heterocycles. The minimum atomic E-state index is 0.591. The van der Waals surface area contributed by atoms with Gasteiger partial charge in [-0.1, -0.05) is 91.9 Å². The molecule has 9 aromatic rings. The number of benzene rings is 3. The first-order valence-corrected chi connectivity index (χ1v) is 20.2. The molecule has 0 bridgehead atoms. The Labute approximate surface area is 355 Å². The third-order valence-corrected chi connectivity index (χ3v) is 10.2.